The molecule has 0 radical (unpaired) electrons. The lowest BCUT2D eigenvalue weighted by Gasteiger charge is -1.98. The van der Waals surface area contributed by atoms with Gasteiger partial charge in [0, 0.05) is 17.5 Å². The fraction of sp³-hybridized carbons (Fsp3) is 0.200. The van der Waals surface area contributed by atoms with Gasteiger partial charge < -0.3 is 0 Å². The third-order valence-corrected chi connectivity index (χ3v) is 2.01. The van der Waals surface area contributed by atoms with Crippen LogP contribution in [0.1, 0.15) is 12.6 Å². The maximum Gasteiger partial charge on any atom is 0.0736 e. The number of rotatable bonds is 2. The molecule has 66 valence electrons. The van der Waals surface area contributed by atoms with Gasteiger partial charge in [0.2, 0.25) is 0 Å². The first-order chi connectivity index (χ1) is 6.42. The molecule has 3 nitrogen and oxygen atoms in total. The number of aromatic amines is 1. The number of nitrogens with one attached hydrogen (secondary N) is 1. The van der Waals surface area contributed by atoms with E-state index >= 15 is 0 Å². The molecule has 0 bridgehead atoms. The van der Waals surface area contributed by atoms with Crippen molar-refractivity contribution in [1.29, 1.82) is 0 Å². The van der Waals surface area contributed by atoms with E-state index in [9.17, 15) is 0 Å². The number of hydrogen-bond donors (Lipinski definition) is 1. The average Bonchev–Trinajstić information content (AvgIpc) is 2.67. The molecule has 0 saturated heterocycles. The van der Waals surface area contributed by atoms with Gasteiger partial charge >= 0.3 is 0 Å². The minimum absolute atomic E-state index is 0.950. The van der Waals surface area contributed by atoms with Crippen LogP contribution in [0.2, 0.25) is 0 Å². The molecule has 13 heavy (non-hydrogen) atoms. The van der Waals surface area contributed by atoms with Crippen molar-refractivity contribution in [1.82, 2.24) is 15.2 Å². The molecule has 0 unspecified atom stereocenters. The van der Waals surface area contributed by atoms with Crippen molar-refractivity contribution in [2.45, 2.75) is 13.3 Å². The Bertz CT molecular complexity index is 378. The van der Waals surface area contributed by atoms with Crippen molar-refractivity contribution in [2.75, 3.05) is 0 Å². The SMILES string of the molecule is CCc1[nH]ncc1-c1ccccn1. The van der Waals surface area contributed by atoms with Gasteiger partial charge in [0.25, 0.3) is 0 Å². The van der Waals surface area contributed by atoms with Crippen LogP contribution >= 0.6 is 0 Å². The maximum absolute atomic E-state index is 4.27. The second-order valence-corrected chi connectivity index (χ2v) is 2.83. The van der Waals surface area contributed by atoms with E-state index in [4.69, 9.17) is 0 Å². The summed E-state index contributed by atoms with van der Waals surface area (Å²) in [5.41, 5.74) is 3.22. The molecular weight excluding hydrogens is 162 g/mol. The first kappa shape index (κ1) is 7.98. The largest absolute Gasteiger partial charge is 0.282 e. The smallest absolute Gasteiger partial charge is 0.0736 e. The van der Waals surface area contributed by atoms with Crippen LogP contribution in [0.4, 0.5) is 0 Å². The summed E-state index contributed by atoms with van der Waals surface area (Å²) in [5.74, 6) is 0. The molecule has 0 atom stereocenters. The molecule has 0 fully saturated rings. The number of aromatic nitrogens is 3. The highest BCUT2D eigenvalue weighted by molar-refractivity contribution is 5.60. The summed E-state index contributed by atoms with van der Waals surface area (Å²) < 4.78 is 0. The van der Waals surface area contributed by atoms with E-state index in [0.717, 1.165) is 23.4 Å². The van der Waals surface area contributed by atoms with Gasteiger partial charge in [0.05, 0.1) is 11.9 Å². The van der Waals surface area contributed by atoms with Crippen LogP contribution in [-0.4, -0.2) is 15.2 Å². The molecule has 0 aromatic carbocycles. The third-order valence-electron chi connectivity index (χ3n) is 2.01. The number of pyridine rings is 1. The lowest BCUT2D eigenvalue weighted by molar-refractivity contribution is 0.975. The van der Waals surface area contributed by atoms with E-state index in [0.29, 0.717) is 0 Å². The molecule has 2 rings (SSSR count). The summed E-state index contributed by atoms with van der Waals surface area (Å²) in [7, 11) is 0. The molecular formula is C10H11N3. The van der Waals surface area contributed by atoms with Gasteiger partial charge in [0.1, 0.15) is 0 Å². The summed E-state index contributed by atoms with van der Waals surface area (Å²) in [6, 6.07) is 5.88. The quantitative estimate of drug-likeness (QED) is 0.755. The Morgan fingerprint density at radius 2 is 2.31 bits per heavy atom. The first-order valence-corrected chi connectivity index (χ1v) is 4.35. The van der Waals surface area contributed by atoms with E-state index < -0.39 is 0 Å². The predicted molar refractivity (Wildman–Crippen MR) is 51.2 cm³/mol. The zero-order valence-electron chi connectivity index (χ0n) is 7.49. The number of hydrogen-bond acceptors (Lipinski definition) is 2. The van der Waals surface area contributed by atoms with Crippen LogP contribution in [0.15, 0.2) is 30.6 Å². The molecule has 0 aliphatic carbocycles. The van der Waals surface area contributed by atoms with E-state index in [2.05, 4.69) is 22.1 Å². The third kappa shape index (κ3) is 1.45. The van der Waals surface area contributed by atoms with Crippen molar-refractivity contribution < 1.29 is 0 Å². The van der Waals surface area contributed by atoms with Crippen molar-refractivity contribution >= 4 is 0 Å². The maximum atomic E-state index is 4.27. The zero-order chi connectivity index (χ0) is 9.10. The van der Waals surface area contributed by atoms with Crippen LogP contribution in [-0.2, 0) is 6.42 Å². The van der Waals surface area contributed by atoms with Crippen molar-refractivity contribution in [2.24, 2.45) is 0 Å². The fourth-order valence-corrected chi connectivity index (χ4v) is 1.33. The second-order valence-electron chi connectivity index (χ2n) is 2.83. The van der Waals surface area contributed by atoms with Crippen LogP contribution in [0.5, 0.6) is 0 Å². The van der Waals surface area contributed by atoms with Crippen molar-refractivity contribution in [3.63, 3.8) is 0 Å². The summed E-state index contributed by atoms with van der Waals surface area (Å²) in [6.07, 6.45) is 4.56. The predicted octanol–water partition coefficient (Wildman–Crippen LogP) is 2.03. The van der Waals surface area contributed by atoms with Gasteiger partial charge in [-0.3, -0.25) is 10.1 Å². The normalized spacial score (nSPS) is 10.2. The topological polar surface area (TPSA) is 41.6 Å². The number of aryl methyl sites for hydroxylation is 1. The molecule has 0 spiro atoms. The molecule has 0 aliphatic rings. The molecule has 3 heteroatoms. The van der Waals surface area contributed by atoms with Gasteiger partial charge in [0.15, 0.2) is 0 Å². The van der Waals surface area contributed by atoms with E-state index in [1.165, 1.54) is 0 Å². The Balaban J connectivity index is 2.47. The molecule has 0 saturated carbocycles. The molecule has 2 heterocycles. The lowest BCUT2D eigenvalue weighted by Crippen LogP contribution is -1.86. The van der Waals surface area contributed by atoms with Gasteiger partial charge in [-0.15, -0.1) is 0 Å². The van der Waals surface area contributed by atoms with Gasteiger partial charge in [-0.25, -0.2) is 0 Å². The zero-order valence-corrected chi connectivity index (χ0v) is 7.49. The van der Waals surface area contributed by atoms with Crippen LogP contribution in [0.25, 0.3) is 11.3 Å². The highest BCUT2D eigenvalue weighted by atomic mass is 15.1. The highest BCUT2D eigenvalue weighted by Crippen LogP contribution is 2.18. The summed E-state index contributed by atoms with van der Waals surface area (Å²) >= 11 is 0. The summed E-state index contributed by atoms with van der Waals surface area (Å²) in [6.45, 7) is 2.10. The average molecular weight is 173 g/mol. The Labute approximate surface area is 76.8 Å². The summed E-state index contributed by atoms with van der Waals surface area (Å²) in [5, 5.41) is 6.97. The first-order valence-electron chi connectivity index (χ1n) is 4.35. The standard InChI is InChI=1S/C10H11N3/c1-2-9-8(7-12-13-9)10-5-3-4-6-11-10/h3-7H,2H2,1H3,(H,12,13). The van der Waals surface area contributed by atoms with Crippen molar-refractivity contribution in [3.8, 4) is 11.3 Å². The van der Waals surface area contributed by atoms with Crippen LogP contribution in [0, 0.1) is 0 Å². The molecule has 2 aromatic heterocycles. The Kier molecular flexibility index (Phi) is 2.08. The molecule has 0 aliphatic heterocycles. The Morgan fingerprint density at radius 1 is 1.38 bits per heavy atom. The Hall–Kier alpha value is -1.64. The highest BCUT2D eigenvalue weighted by Gasteiger charge is 2.05. The van der Waals surface area contributed by atoms with Gasteiger partial charge in [-0.1, -0.05) is 13.0 Å². The lowest BCUT2D eigenvalue weighted by atomic mass is 10.1. The van der Waals surface area contributed by atoms with Crippen molar-refractivity contribution in [3.05, 3.63) is 36.3 Å². The number of H-pyrrole nitrogens is 1. The van der Waals surface area contributed by atoms with E-state index in [-0.39, 0.29) is 0 Å². The second kappa shape index (κ2) is 3.39. The summed E-state index contributed by atoms with van der Waals surface area (Å²) in [4.78, 5) is 4.27. The molecule has 0 amide bonds. The monoisotopic (exact) mass is 173 g/mol. The molecule has 1 N–H and O–H groups in total. The van der Waals surface area contributed by atoms with E-state index in [1.54, 1.807) is 6.20 Å². The minimum atomic E-state index is 0.950. The van der Waals surface area contributed by atoms with Gasteiger partial charge in [-0.2, -0.15) is 5.10 Å². The van der Waals surface area contributed by atoms with Gasteiger partial charge in [-0.05, 0) is 18.6 Å². The Morgan fingerprint density at radius 3 is 3.00 bits per heavy atom. The molecule has 2 aromatic rings. The van der Waals surface area contributed by atoms with Crippen LogP contribution < -0.4 is 0 Å². The number of nitrogens with zero attached hydrogens (tertiary/aromatic N) is 2. The van der Waals surface area contributed by atoms with E-state index in [1.807, 2.05) is 24.4 Å². The fourth-order valence-electron chi connectivity index (χ4n) is 1.33. The van der Waals surface area contributed by atoms with Crippen LogP contribution in [0.3, 0.4) is 0 Å². The minimum Gasteiger partial charge on any atom is -0.282 e.